The van der Waals surface area contributed by atoms with E-state index in [1.54, 1.807) is 14.2 Å². The highest BCUT2D eigenvalue weighted by Crippen LogP contribution is 2.33. The zero-order valence-corrected chi connectivity index (χ0v) is 17.2. The normalized spacial score (nSPS) is 22.7. The van der Waals surface area contributed by atoms with Crippen molar-refractivity contribution in [2.45, 2.75) is 38.1 Å². The zero-order chi connectivity index (χ0) is 19.7. The van der Waals surface area contributed by atoms with E-state index in [1.807, 2.05) is 29.8 Å². The maximum Gasteiger partial charge on any atom is 0.267 e. The highest BCUT2D eigenvalue weighted by Gasteiger charge is 2.33. The minimum absolute atomic E-state index is 0.0207. The van der Waals surface area contributed by atoms with Gasteiger partial charge >= 0.3 is 0 Å². The number of benzene rings is 1. The third-order valence-electron chi connectivity index (χ3n) is 6.54. The van der Waals surface area contributed by atoms with Crippen LogP contribution in [-0.2, 0) is 7.05 Å². The number of fused-ring (bicyclic) bond motifs is 2. The maximum absolute atomic E-state index is 13.0. The van der Waals surface area contributed by atoms with Crippen LogP contribution in [0.1, 0.15) is 42.6 Å². The van der Waals surface area contributed by atoms with E-state index < -0.39 is 0 Å². The number of hydrogen-bond acceptors (Lipinski definition) is 4. The molecule has 1 N–H and O–H groups in total. The summed E-state index contributed by atoms with van der Waals surface area (Å²) in [7, 11) is 5.19. The Hall–Kier alpha value is -2.21. The fourth-order valence-corrected chi connectivity index (χ4v) is 5.01. The Bertz CT molecular complexity index is 858. The van der Waals surface area contributed by atoms with Crippen LogP contribution in [0.5, 0.6) is 11.5 Å². The first kappa shape index (κ1) is 19.1. The molecule has 2 aromatic rings. The number of rotatable bonds is 5. The average Bonchev–Trinajstić information content (AvgIpc) is 3.07. The second kappa shape index (κ2) is 8.03. The van der Waals surface area contributed by atoms with E-state index >= 15 is 0 Å². The van der Waals surface area contributed by atoms with Gasteiger partial charge in [-0.25, -0.2) is 0 Å². The topological polar surface area (TPSA) is 55.7 Å². The molecular weight excluding hydrogens is 354 g/mol. The summed E-state index contributed by atoms with van der Waals surface area (Å²) in [5, 5.41) is 4.13. The summed E-state index contributed by atoms with van der Waals surface area (Å²) in [5.41, 5.74) is 1.58. The quantitative estimate of drug-likeness (QED) is 0.859. The lowest BCUT2D eigenvalue weighted by Gasteiger charge is -2.44. The molecule has 28 heavy (non-hydrogen) atoms. The van der Waals surface area contributed by atoms with Crippen molar-refractivity contribution < 1.29 is 14.3 Å². The molecule has 4 rings (SSSR count). The van der Waals surface area contributed by atoms with Gasteiger partial charge in [-0.1, -0.05) is 6.42 Å². The second-order valence-electron chi connectivity index (χ2n) is 8.06. The first-order valence-corrected chi connectivity index (χ1v) is 10.4. The van der Waals surface area contributed by atoms with Gasteiger partial charge in [0.1, 0.15) is 17.2 Å². The van der Waals surface area contributed by atoms with Crippen molar-refractivity contribution in [3.8, 4) is 11.5 Å². The summed E-state index contributed by atoms with van der Waals surface area (Å²) >= 11 is 0. The summed E-state index contributed by atoms with van der Waals surface area (Å²) in [6, 6.07) is 6.34. The number of aryl methyl sites for hydroxylation is 1. The molecule has 2 saturated heterocycles. The summed E-state index contributed by atoms with van der Waals surface area (Å²) in [5.74, 6) is 1.97. The van der Waals surface area contributed by atoms with E-state index in [0.717, 1.165) is 23.2 Å². The molecule has 152 valence electrons. The van der Waals surface area contributed by atoms with Gasteiger partial charge in [0, 0.05) is 37.2 Å². The van der Waals surface area contributed by atoms with Gasteiger partial charge in [0.05, 0.1) is 19.7 Å². The van der Waals surface area contributed by atoms with Crippen LogP contribution in [0.4, 0.5) is 0 Å². The first-order chi connectivity index (χ1) is 13.6. The molecule has 6 heteroatoms. The van der Waals surface area contributed by atoms with Crippen LogP contribution in [0.15, 0.2) is 18.2 Å². The van der Waals surface area contributed by atoms with Crippen LogP contribution in [0.3, 0.4) is 0 Å². The van der Waals surface area contributed by atoms with Gasteiger partial charge in [-0.2, -0.15) is 0 Å². The van der Waals surface area contributed by atoms with Gasteiger partial charge in [-0.3, -0.25) is 4.79 Å². The molecule has 1 amide bonds. The Kier molecular flexibility index (Phi) is 5.49. The molecule has 0 radical (unpaired) electrons. The summed E-state index contributed by atoms with van der Waals surface area (Å²) < 4.78 is 12.8. The SMILES string of the molecule is COc1cc(OC)c2cc(C(=O)NCC3CCCN4CCCCC34)n(C)c2c1. The minimum Gasteiger partial charge on any atom is -0.497 e. The molecule has 0 saturated carbocycles. The van der Waals surface area contributed by atoms with E-state index in [0.29, 0.717) is 23.4 Å². The lowest BCUT2D eigenvalue weighted by atomic mass is 9.83. The van der Waals surface area contributed by atoms with Crippen molar-refractivity contribution in [2.75, 3.05) is 33.9 Å². The van der Waals surface area contributed by atoms with Crippen molar-refractivity contribution in [1.29, 1.82) is 0 Å². The molecule has 2 atom stereocenters. The number of aromatic nitrogens is 1. The predicted octanol–water partition coefficient (Wildman–Crippen LogP) is 3.19. The highest BCUT2D eigenvalue weighted by molar-refractivity contribution is 6.00. The van der Waals surface area contributed by atoms with Gasteiger partial charge in [-0.15, -0.1) is 0 Å². The van der Waals surface area contributed by atoms with Crippen molar-refractivity contribution >= 4 is 16.8 Å². The Labute approximate surface area is 166 Å². The molecule has 2 aliphatic heterocycles. The summed E-state index contributed by atoms with van der Waals surface area (Å²) in [4.78, 5) is 15.6. The lowest BCUT2D eigenvalue weighted by Crippen LogP contribution is -2.51. The third-order valence-corrected chi connectivity index (χ3v) is 6.54. The molecule has 0 aliphatic carbocycles. The van der Waals surface area contributed by atoms with Gasteiger partial charge < -0.3 is 24.3 Å². The number of nitrogens with one attached hydrogen (secondary N) is 1. The van der Waals surface area contributed by atoms with Gasteiger partial charge in [0.15, 0.2) is 0 Å². The van der Waals surface area contributed by atoms with Crippen LogP contribution in [-0.4, -0.2) is 55.3 Å². The first-order valence-electron chi connectivity index (χ1n) is 10.4. The van der Waals surface area contributed by atoms with Crippen LogP contribution in [0.25, 0.3) is 10.9 Å². The van der Waals surface area contributed by atoms with E-state index in [9.17, 15) is 4.79 Å². The molecular formula is C22H31N3O3. The molecule has 1 aromatic carbocycles. The van der Waals surface area contributed by atoms with Crippen molar-refractivity contribution in [1.82, 2.24) is 14.8 Å². The second-order valence-corrected chi connectivity index (χ2v) is 8.06. The molecule has 6 nitrogen and oxygen atoms in total. The number of carbonyl (C=O) groups excluding carboxylic acids is 1. The van der Waals surface area contributed by atoms with Crippen LogP contribution in [0.2, 0.25) is 0 Å². The molecule has 0 spiro atoms. The van der Waals surface area contributed by atoms with Gasteiger partial charge in [-0.05, 0) is 50.8 Å². The molecule has 3 heterocycles. The number of carbonyl (C=O) groups is 1. The fraction of sp³-hybridized carbons (Fsp3) is 0.591. The number of ether oxygens (including phenoxy) is 2. The fourth-order valence-electron chi connectivity index (χ4n) is 5.01. The Morgan fingerprint density at radius 1 is 1.11 bits per heavy atom. The Morgan fingerprint density at radius 3 is 2.71 bits per heavy atom. The average molecular weight is 386 g/mol. The van der Waals surface area contributed by atoms with E-state index in [4.69, 9.17) is 9.47 Å². The number of hydrogen-bond donors (Lipinski definition) is 1. The van der Waals surface area contributed by atoms with Crippen LogP contribution < -0.4 is 14.8 Å². The van der Waals surface area contributed by atoms with E-state index in [-0.39, 0.29) is 5.91 Å². The minimum atomic E-state index is -0.0207. The largest absolute Gasteiger partial charge is 0.497 e. The molecule has 2 unspecified atom stereocenters. The molecule has 0 bridgehead atoms. The van der Waals surface area contributed by atoms with Gasteiger partial charge in [0.25, 0.3) is 5.91 Å². The summed E-state index contributed by atoms with van der Waals surface area (Å²) in [6.45, 7) is 3.20. The smallest absolute Gasteiger partial charge is 0.267 e. The van der Waals surface area contributed by atoms with Crippen molar-refractivity contribution in [3.63, 3.8) is 0 Å². The van der Waals surface area contributed by atoms with Crippen LogP contribution >= 0.6 is 0 Å². The van der Waals surface area contributed by atoms with Crippen LogP contribution in [0, 0.1) is 5.92 Å². The molecule has 1 aromatic heterocycles. The Morgan fingerprint density at radius 2 is 1.93 bits per heavy atom. The van der Waals surface area contributed by atoms with Gasteiger partial charge in [0.2, 0.25) is 0 Å². The number of amides is 1. The van der Waals surface area contributed by atoms with E-state index in [2.05, 4.69) is 10.2 Å². The number of methoxy groups -OCH3 is 2. The molecule has 2 aliphatic rings. The predicted molar refractivity (Wildman–Crippen MR) is 110 cm³/mol. The van der Waals surface area contributed by atoms with Crippen molar-refractivity contribution in [3.05, 3.63) is 23.9 Å². The van der Waals surface area contributed by atoms with Crippen molar-refractivity contribution in [2.24, 2.45) is 13.0 Å². The third kappa shape index (κ3) is 3.46. The molecule has 2 fully saturated rings. The summed E-state index contributed by atoms with van der Waals surface area (Å²) in [6.07, 6.45) is 6.35. The maximum atomic E-state index is 13.0. The Balaban J connectivity index is 1.51. The lowest BCUT2D eigenvalue weighted by molar-refractivity contribution is 0.0574. The number of nitrogens with zero attached hydrogens (tertiary/aromatic N) is 2. The number of piperidine rings is 2. The monoisotopic (exact) mass is 385 g/mol. The zero-order valence-electron chi connectivity index (χ0n) is 17.2. The highest BCUT2D eigenvalue weighted by atomic mass is 16.5. The van der Waals surface area contributed by atoms with E-state index in [1.165, 1.54) is 45.2 Å². The standard InChI is InChI=1S/C22H31N3O3/c1-24-19-11-16(27-2)12-21(28-3)17(19)13-20(24)22(26)23-14-15-7-6-10-25-9-5-4-8-18(15)25/h11-13,15,18H,4-10,14H2,1-3H3,(H,23,26).